The average molecular weight is 364 g/mol. The minimum Gasteiger partial charge on any atom is -0.370 e. The first-order valence-electron chi connectivity index (χ1n) is 9.58. The number of phosphoric ester groups is 1. The molecule has 0 fully saturated rings. The molecule has 6 heteroatoms. The molecule has 0 aromatic carbocycles. The van der Waals surface area contributed by atoms with Crippen LogP contribution >= 0.6 is 7.82 Å². The zero-order valence-corrected chi connectivity index (χ0v) is 16.9. The maximum absolute atomic E-state index is 12.2. The van der Waals surface area contributed by atoms with Crippen molar-refractivity contribution in [3.05, 3.63) is 0 Å². The monoisotopic (exact) mass is 364 g/mol. The highest BCUT2D eigenvalue weighted by molar-refractivity contribution is 7.48. The predicted molar refractivity (Wildman–Crippen MR) is 97.8 cm³/mol. The van der Waals surface area contributed by atoms with Crippen molar-refractivity contribution in [3.8, 4) is 0 Å². The lowest BCUT2D eigenvalue weighted by Crippen LogP contribution is -2.30. The molecule has 1 N–H and O–H groups in total. The fourth-order valence-corrected chi connectivity index (χ4v) is 3.64. The maximum Gasteiger partial charge on any atom is 0.529 e. The van der Waals surface area contributed by atoms with Gasteiger partial charge in [-0.2, -0.15) is 0 Å². The fourth-order valence-electron chi connectivity index (χ4n) is 2.83. The quantitative estimate of drug-likeness (QED) is 0.285. The van der Waals surface area contributed by atoms with Gasteiger partial charge in [0.15, 0.2) is 0 Å². The van der Waals surface area contributed by atoms with Crippen molar-refractivity contribution in [2.45, 2.75) is 98.3 Å². The first-order chi connectivity index (χ1) is 11.4. The second-order valence-corrected chi connectivity index (χ2v) is 7.87. The largest absolute Gasteiger partial charge is 0.529 e. The molecule has 0 radical (unpaired) electrons. The lowest BCUT2D eigenvalue weighted by atomic mass is 9.80. The number of unbranched alkanes of at least 4 members (excludes halogenated alkanes) is 7. The van der Waals surface area contributed by atoms with E-state index in [1.165, 1.54) is 32.1 Å². The van der Waals surface area contributed by atoms with Gasteiger partial charge in [-0.3, -0.25) is 14.2 Å². The van der Waals surface area contributed by atoms with Crippen LogP contribution in [0.2, 0.25) is 0 Å². The van der Waals surface area contributed by atoms with Gasteiger partial charge < -0.3 is 4.52 Å². The summed E-state index contributed by atoms with van der Waals surface area (Å²) < 4.78 is 21.7. The first-order valence-corrected chi connectivity index (χ1v) is 11.1. The van der Waals surface area contributed by atoms with Crippen LogP contribution in [0.15, 0.2) is 0 Å². The smallest absolute Gasteiger partial charge is 0.370 e. The highest BCUT2D eigenvalue weighted by atomic mass is 31.2. The van der Waals surface area contributed by atoms with Gasteiger partial charge in [-0.1, -0.05) is 72.6 Å². The molecule has 0 spiro atoms. The van der Waals surface area contributed by atoms with E-state index in [0.717, 1.165) is 12.8 Å². The molecular formula is C18H37O5P. The first kappa shape index (κ1) is 23.6. The molecule has 0 saturated heterocycles. The molecular weight excluding hydrogens is 327 g/mol. The van der Waals surface area contributed by atoms with Gasteiger partial charge in [-0.15, -0.1) is 0 Å². The lowest BCUT2D eigenvalue weighted by molar-refractivity contribution is -0.148. The van der Waals surface area contributed by atoms with Crippen LogP contribution in [0.4, 0.5) is 0 Å². The molecule has 0 saturated carbocycles. The van der Waals surface area contributed by atoms with Gasteiger partial charge in [-0.05, 0) is 25.7 Å². The average Bonchev–Trinajstić information content (AvgIpc) is 2.55. The van der Waals surface area contributed by atoms with Crippen molar-refractivity contribution in [2.24, 2.45) is 5.41 Å². The Morgan fingerprint density at radius 2 is 1.33 bits per heavy atom. The molecule has 0 rings (SSSR count). The van der Waals surface area contributed by atoms with Crippen molar-refractivity contribution >= 4 is 13.8 Å². The standard InChI is InChI=1S/C18H37O5P/c1-5-9-10-11-12-13-14-15-16-22-24(20,21)23-17(19)18(6-2,7-3)8-4/h5-16H2,1-4H3,(H,20,21). The van der Waals surface area contributed by atoms with E-state index in [-0.39, 0.29) is 6.61 Å². The van der Waals surface area contributed by atoms with E-state index < -0.39 is 19.2 Å². The van der Waals surface area contributed by atoms with Crippen molar-refractivity contribution in [3.63, 3.8) is 0 Å². The lowest BCUT2D eigenvalue weighted by Gasteiger charge is -2.28. The van der Waals surface area contributed by atoms with E-state index in [2.05, 4.69) is 6.92 Å². The van der Waals surface area contributed by atoms with E-state index in [4.69, 9.17) is 9.05 Å². The summed E-state index contributed by atoms with van der Waals surface area (Å²) in [6.07, 6.45) is 10.8. The Morgan fingerprint density at radius 1 is 0.875 bits per heavy atom. The third-order valence-corrected chi connectivity index (χ3v) is 5.82. The van der Waals surface area contributed by atoms with Gasteiger partial charge in [0, 0.05) is 0 Å². The number of phosphoric acid groups is 1. The molecule has 0 heterocycles. The Balaban J connectivity index is 4.01. The summed E-state index contributed by atoms with van der Waals surface area (Å²) in [5, 5.41) is 0. The normalized spacial score (nSPS) is 14.4. The number of carbonyl (C=O) groups is 1. The van der Waals surface area contributed by atoms with Gasteiger partial charge in [0.25, 0.3) is 0 Å². The summed E-state index contributed by atoms with van der Waals surface area (Å²) in [5.74, 6) is -0.628. The van der Waals surface area contributed by atoms with Gasteiger partial charge in [0.05, 0.1) is 12.0 Å². The molecule has 0 aliphatic rings. The van der Waals surface area contributed by atoms with E-state index >= 15 is 0 Å². The van der Waals surface area contributed by atoms with Crippen LogP contribution in [-0.2, 0) is 18.4 Å². The van der Waals surface area contributed by atoms with E-state index in [0.29, 0.717) is 25.7 Å². The Bertz CT molecular complexity index is 371. The number of hydrogen-bond donors (Lipinski definition) is 1. The van der Waals surface area contributed by atoms with Crippen molar-refractivity contribution < 1.29 is 23.3 Å². The molecule has 144 valence electrons. The Labute approximate surface area is 148 Å². The van der Waals surface area contributed by atoms with Gasteiger partial charge in [0.1, 0.15) is 0 Å². The molecule has 1 unspecified atom stereocenters. The molecule has 0 aliphatic carbocycles. The number of rotatable bonds is 15. The molecule has 0 bridgehead atoms. The predicted octanol–water partition coefficient (Wildman–Crippen LogP) is 6.00. The van der Waals surface area contributed by atoms with Crippen LogP contribution in [0.1, 0.15) is 98.3 Å². The number of hydrogen-bond acceptors (Lipinski definition) is 4. The zero-order chi connectivity index (χ0) is 18.5. The summed E-state index contributed by atoms with van der Waals surface area (Å²) in [7, 11) is -4.30. The summed E-state index contributed by atoms with van der Waals surface area (Å²) in [6.45, 7) is 8.00. The molecule has 0 aromatic heterocycles. The van der Waals surface area contributed by atoms with Gasteiger partial charge in [0.2, 0.25) is 0 Å². The number of carbonyl (C=O) groups excluding carboxylic acids is 1. The summed E-state index contributed by atoms with van der Waals surface area (Å²) in [5.41, 5.74) is -0.694. The van der Waals surface area contributed by atoms with Crippen LogP contribution < -0.4 is 0 Å². The third kappa shape index (κ3) is 9.19. The van der Waals surface area contributed by atoms with Crippen molar-refractivity contribution in [1.29, 1.82) is 0 Å². The van der Waals surface area contributed by atoms with Crippen LogP contribution in [-0.4, -0.2) is 17.5 Å². The summed E-state index contributed by atoms with van der Waals surface area (Å²) >= 11 is 0. The second kappa shape index (κ2) is 12.9. The zero-order valence-electron chi connectivity index (χ0n) is 16.0. The molecule has 1 atom stereocenters. The van der Waals surface area contributed by atoms with Crippen molar-refractivity contribution in [1.82, 2.24) is 0 Å². The second-order valence-electron chi connectivity index (χ2n) is 6.50. The molecule has 0 amide bonds. The van der Waals surface area contributed by atoms with Gasteiger partial charge in [-0.25, -0.2) is 4.57 Å². The summed E-state index contributed by atoms with van der Waals surface area (Å²) in [6, 6.07) is 0. The fraction of sp³-hybridized carbons (Fsp3) is 0.944. The van der Waals surface area contributed by atoms with E-state index in [1.807, 2.05) is 20.8 Å². The van der Waals surface area contributed by atoms with Crippen LogP contribution in [0.5, 0.6) is 0 Å². The minimum absolute atomic E-state index is 0.146. The molecule has 5 nitrogen and oxygen atoms in total. The van der Waals surface area contributed by atoms with Gasteiger partial charge >= 0.3 is 13.8 Å². The Morgan fingerprint density at radius 3 is 1.79 bits per heavy atom. The molecule has 0 aromatic rings. The Hall–Kier alpha value is -0.380. The maximum atomic E-state index is 12.2. The molecule has 24 heavy (non-hydrogen) atoms. The SMILES string of the molecule is CCCCCCCCCCOP(=O)(O)OC(=O)C(CC)(CC)CC. The van der Waals surface area contributed by atoms with Crippen LogP contribution in [0.3, 0.4) is 0 Å². The van der Waals surface area contributed by atoms with E-state index in [1.54, 1.807) is 0 Å². The van der Waals surface area contributed by atoms with Crippen LogP contribution in [0.25, 0.3) is 0 Å². The van der Waals surface area contributed by atoms with E-state index in [9.17, 15) is 14.3 Å². The highest BCUT2D eigenvalue weighted by Crippen LogP contribution is 2.47. The summed E-state index contributed by atoms with van der Waals surface area (Å²) in [4.78, 5) is 21.9. The van der Waals surface area contributed by atoms with Crippen molar-refractivity contribution in [2.75, 3.05) is 6.61 Å². The van der Waals surface area contributed by atoms with Crippen LogP contribution in [0, 0.1) is 5.41 Å². The molecule has 0 aliphatic heterocycles. The Kier molecular flexibility index (Phi) is 12.7. The third-order valence-electron chi connectivity index (χ3n) is 4.91. The highest BCUT2D eigenvalue weighted by Gasteiger charge is 2.39. The topological polar surface area (TPSA) is 72.8 Å². The minimum atomic E-state index is -4.30.